The van der Waals surface area contributed by atoms with Gasteiger partial charge < -0.3 is 9.32 Å². The van der Waals surface area contributed by atoms with E-state index in [1.807, 2.05) is 0 Å². The summed E-state index contributed by atoms with van der Waals surface area (Å²) in [6, 6.07) is 76.5. The third-order valence-electron chi connectivity index (χ3n) is 11.3. The van der Waals surface area contributed by atoms with E-state index in [1.54, 1.807) is 0 Å². The number of furan rings is 1. The lowest BCUT2D eigenvalue weighted by molar-refractivity contribution is 0.673. The first-order chi connectivity index (χ1) is 27.8. The van der Waals surface area contributed by atoms with Gasteiger partial charge in [0.15, 0.2) is 0 Å². The maximum atomic E-state index is 6.69. The number of hydrogen-bond acceptors (Lipinski definition) is 2. The molecule has 56 heavy (non-hydrogen) atoms. The summed E-state index contributed by atoms with van der Waals surface area (Å²) >= 11 is 0. The van der Waals surface area contributed by atoms with Gasteiger partial charge in [0, 0.05) is 33.0 Å². The van der Waals surface area contributed by atoms with Crippen molar-refractivity contribution in [3.63, 3.8) is 0 Å². The second-order valence-electron chi connectivity index (χ2n) is 14.4. The summed E-state index contributed by atoms with van der Waals surface area (Å²) in [5, 5.41) is 9.51. The molecule has 1 aromatic heterocycles. The Morgan fingerprint density at radius 1 is 0.304 bits per heavy atom. The average molecular weight is 714 g/mol. The van der Waals surface area contributed by atoms with Crippen LogP contribution in [0.4, 0.5) is 17.1 Å². The van der Waals surface area contributed by atoms with Gasteiger partial charge in [-0.05, 0) is 85.6 Å². The maximum absolute atomic E-state index is 6.69. The van der Waals surface area contributed by atoms with E-state index in [2.05, 4.69) is 217 Å². The van der Waals surface area contributed by atoms with Crippen LogP contribution in [0.2, 0.25) is 0 Å². The Morgan fingerprint density at radius 2 is 0.839 bits per heavy atom. The van der Waals surface area contributed by atoms with E-state index in [4.69, 9.17) is 4.42 Å². The van der Waals surface area contributed by atoms with Crippen molar-refractivity contribution in [2.45, 2.75) is 0 Å². The molecule has 0 fully saturated rings. The van der Waals surface area contributed by atoms with Gasteiger partial charge in [-0.15, -0.1) is 0 Å². The van der Waals surface area contributed by atoms with Crippen molar-refractivity contribution < 1.29 is 4.42 Å². The molecule has 0 saturated carbocycles. The molecule has 0 atom stereocenters. The molecular weight excluding hydrogens is 679 g/mol. The summed E-state index contributed by atoms with van der Waals surface area (Å²) in [5.74, 6) is 0. The third-order valence-corrected chi connectivity index (χ3v) is 11.3. The Bertz CT molecular complexity index is 3250. The molecule has 2 heteroatoms. The van der Waals surface area contributed by atoms with Crippen LogP contribution in [0.1, 0.15) is 0 Å². The minimum absolute atomic E-state index is 0.880. The molecule has 262 valence electrons. The number of benzene rings is 10. The zero-order valence-electron chi connectivity index (χ0n) is 30.6. The Balaban J connectivity index is 1.17. The molecule has 0 spiro atoms. The van der Waals surface area contributed by atoms with Crippen LogP contribution in [0.15, 0.2) is 217 Å². The molecule has 11 aromatic rings. The van der Waals surface area contributed by atoms with Crippen LogP contribution >= 0.6 is 0 Å². The molecule has 0 N–H and O–H groups in total. The van der Waals surface area contributed by atoms with Gasteiger partial charge in [0.2, 0.25) is 0 Å². The zero-order chi connectivity index (χ0) is 37.0. The molecule has 0 bridgehead atoms. The largest absolute Gasteiger partial charge is 0.455 e. The first-order valence-electron chi connectivity index (χ1n) is 19.2. The maximum Gasteiger partial charge on any atom is 0.143 e. The third kappa shape index (κ3) is 5.19. The number of para-hydroxylation sites is 2. The van der Waals surface area contributed by atoms with Crippen molar-refractivity contribution >= 4 is 71.3 Å². The van der Waals surface area contributed by atoms with Gasteiger partial charge in [-0.2, -0.15) is 0 Å². The second-order valence-corrected chi connectivity index (χ2v) is 14.4. The molecule has 0 aliphatic carbocycles. The fourth-order valence-electron chi connectivity index (χ4n) is 8.69. The molecule has 10 aromatic carbocycles. The average Bonchev–Trinajstić information content (AvgIpc) is 3.67. The quantitative estimate of drug-likeness (QED) is 0.160. The first-order valence-corrected chi connectivity index (χ1v) is 19.2. The van der Waals surface area contributed by atoms with Gasteiger partial charge in [-0.25, -0.2) is 0 Å². The molecule has 1 heterocycles. The number of anilines is 3. The van der Waals surface area contributed by atoms with Crippen LogP contribution in [0.5, 0.6) is 0 Å². The molecule has 0 aliphatic heterocycles. The van der Waals surface area contributed by atoms with Crippen molar-refractivity contribution in [3.8, 4) is 33.4 Å². The number of fused-ring (bicyclic) bond motifs is 8. The van der Waals surface area contributed by atoms with Crippen LogP contribution in [0.25, 0.3) is 87.6 Å². The lowest BCUT2D eigenvalue weighted by Gasteiger charge is -2.30. The van der Waals surface area contributed by atoms with Crippen LogP contribution in [-0.2, 0) is 0 Å². The van der Waals surface area contributed by atoms with Gasteiger partial charge in [-0.3, -0.25) is 0 Å². The van der Waals surface area contributed by atoms with Crippen molar-refractivity contribution in [1.29, 1.82) is 0 Å². The fraction of sp³-hybridized carbons (Fsp3) is 0. The Labute approximate surface area is 325 Å². The smallest absolute Gasteiger partial charge is 0.143 e. The second kappa shape index (κ2) is 13.2. The summed E-state index contributed by atoms with van der Waals surface area (Å²) in [7, 11) is 0. The zero-order valence-corrected chi connectivity index (χ0v) is 30.6. The molecule has 0 amide bonds. The van der Waals surface area contributed by atoms with Crippen LogP contribution < -0.4 is 4.90 Å². The van der Waals surface area contributed by atoms with E-state index >= 15 is 0 Å². The SMILES string of the molecule is c1ccc(-c2ccc(N(c3ccccc3-c3cccc4c3ccc3ccccc34)c3ccccc3-c3cccc4oc5c6ccccc6ccc5c34)cc2)cc1. The minimum Gasteiger partial charge on any atom is -0.455 e. The fourth-order valence-corrected chi connectivity index (χ4v) is 8.69. The van der Waals surface area contributed by atoms with Gasteiger partial charge >= 0.3 is 0 Å². The number of nitrogens with zero attached hydrogens (tertiary/aromatic N) is 1. The molecule has 0 unspecified atom stereocenters. The Kier molecular flexibility index (Phi) is 7.53. The van der Waals surface area contributed by atoms with Gasteiger partial charge in [0.25, 0.3) is 0 Å². The molecule has 2 nitrogen and oxygen atoms in total. The highest BCUT2D eigenvalue weighted by Crippen LogP contribution is 2.48. The topological polar surface area (TPSA) is 16.4 Å². The van der Waals surface area contributed by atoms with E-state index in [1.165, 1.54) is 43.6 Å². The van der Waals surface area contributed by atoms with E-state index in [9.17, 15) is 0 Å². The Hall–Kier alpha value is -7.42. The van der Waals surface area contributed by atoms with Crippen molar-refractivity contribution in [2.75, 3.05) is 4.90 Å². The number of rotatable bonds is 6. The highest BCUT2D eigenvalue weighted by atomic mass is 16.3. The Morgan fingerprint density at radius 3 is 1.61 bits per heavy atom. The highest BCUT2D eigenvalue weighted by Gasteiger charge is 2.23. The molecule has 0 aliphatic rings. The lowest BCUT2D eigenvalue weighted by atomic mass is 9.92. The predicted octanol–water partition coefficient (Wildman–Crippen LogP) is 15.5. The van der Waals surface area contributed by atoms with E-state index < -0.39 is 0 Å². The van der Waals surface area contributed by atoms with Gasteiger partial charge in [0.05, 0.1) is 11.4 Å². The molecule has 11 rings (SSSR count). The number of hydrogen-bond donors (Lipinski definition) is 0. The first kappa shape index (κ1) is 32.0. The summed E-state index contributed by atoms with van der Waals surface area (Å²) in [5.41, 5.74) is 12.0. The summed E-state index contributed by atoms with van der Waals surface area (Å²) in [4.78, 5) is 2.44. The van der Waals surface area contributed by atoms with Crippen molar-refractivity contribution in [2.24, 2.45) is 0 Å². The van der Waals surface area contributed by atoms with E-state index in [0.717, 1.165) is 61.1 Å². The van der Waals surface area contributed by atoms with Gasteiger partial charge in [-0.1, -0.05) is 176 Å². The van der Waals surface area contributed by atoms with Crippen LogP contribution in [0, 0.1) is 0 Å². The summed E-state index contributed by atoms with van der Waals surface area (Å²) < 4.78 is 6.69. The van der Waals surface area contributed by atoms with E-state index in [0.29, 0.717) is 0 Å². The predicted molar refractivity (Wildman–Crippen MR) is 237 cm³/mol. The molecule has 0 saturated heterocycles. The summed E-state index contributed by atoms with van der Waals surface area (Å²) in [6.45, 7) is 0. The van der Waals surface area contributed by atoms with Gasteiger partial charge in [0.1, 0.15) is 11.2 Å². The van der Waals surface area contributed by atoms with Crippen molar-refractivity contribution in [3.05, 3.63) is 212 Å². The standard InChI is InChI=1S/C54H35NO/c1-2-14-36(15-3-1)37-28-32-40(33-29-37)55(50-25-10-8-20-46(50)44-23-12-22-43-41-18-6-4-16-38(41)30-34-45(43)44)51-26-11-9-21-47(51)48-24-13-27-52-53(48)49-35-31-39-17-5-7-19-42(39)54(49)56-52/h1-35H. The van der Waals surface area contributed by atoms with Crippen LogP contribution in [0.3, 0.4) is 0 Å². The summed E-state index contributed by atoms with van der Waals surface area (Å²) in [6.07, 6.45) is 0. The molecular formula is C54H35NO. The van der Waals surface area contributed by atoms with Crippen LogP contribution in [-0.4, -0.2) is 0 Å². The normalized spacial score (nSPS) is 11.6. The monoisotopic (exact) mass is 713 g/mol. The van der Waals surface area contributed by atoms with E-state index in [-0.39, 0.29) is 0 Å². The molecule has 0 radical (unpaired) electrons. The van der Waals surface area contributed by atoms with Crippen molar-refractivity contribution in [1.82, 2.24) is 0 Å². The lowest BCUT2D eigenvalue weighted by Crippen LogP contribution is -2.12. The minimum atomic E-state index is 0.880. The highest BCUT2D eigenvalue weighted by molar-refractivity contribution is 6.20.